The van der Waals surface area contributed by atoms with Gasteiger partial charge in [0, 0.05) is 26.2 Å². The van der Waals surface area contributed by atoms with Crippen LogP contribution < -0.4 is 14.8 Å². The van der Waals surface area contributed by atoms with E-state index in [4.69, 9.17) is 14.5 Å². The van der Waals surface area contributed by atoms with Crippen LogP contribution in [0.5, 0.6) is 11.5 Å². The average Bonchev–Trinajstić information content (AvgIpc) is 3.36. The number of aryl methyl sites for hydroxylation is 1. The zero-order valence-electron chi connectivity index (χ0n) is 17.0. The van der Waals surface area contributed by atoms with Crippen molar-refractivity contribution in [3.63, 3.8) is 0 Å². The molecule has 1 saturated heterocycles. The zero-order chi connectivity index (χ0) is 20.4. The third-order valence-corrected chi connectivity index (χ3v) is 5.49. The van der Waals surface area contributed by atoms with Gasteiger partial charge in [0.2, 0.25) is 0 Å². The molecular weight excluding hydrogens is 368 g/mol. The lowest BCUT2D eigenvalue weighted by Crippen LogP contribution is -2.39. The number of aromatic nitrogens is 2. The minimum absolute atomic E-state index is 0.0211. The molecule has 0 radical (unpaired) electrons. The molecule has 1 aliphatic rings. The molecule has 7 heteroatoms. The second kappa shape index (κ2) is 8.03. The molecule has 1 fully saturated rings. The smallest absolute Gasteiger partial charge is 0.318 e. The van der Waals surface area contributed by atoms with Crippen molar-refractivity contribution < 1.29 is 14.3 Å². The summed E-state index contributed by atoms with van der Waals surface area (Å²) in [7, 11) is 5.24. The SMILES string of the molecule is COc1cc(CNC(=O)N2CCC[C@H]2c2nc3ccccc3n2C)cc(OC)c1. The van der Waals surface area contributed by atoms with Gasteiger partial charge in [0.05, 0.1) is 31.3 Å². The Morgan fingerprint density at radius 2 is 1.90 bits per heavy atom. The highest BCUT2D eigenvalue weighted by molar-refractivity contribution is 5.77. The van der Waals surface area contributed by atoms with E-state index >= 15 is 0 Å². The van der Waals surface area contributed by atoms with E-state index in [9.17, 15) is 4.79 Å². The second-order valence-electron chi connectivity index (χ2n) is 7.25. The lowest BCUT2D eigenvalue weighted by atomic mass is 10.2. The first kappa shape index (κ1) is 19.1. The van der Waals surface area contributed by atoms with Crippen LogP contribution in [0.1, 0.15) is 30.3 Å². The number of amides is 2. The number of nitrogens with zero attached hydrogens (tertiary/aromatic N) is 3. The van der Waals surface area contributed by atoms with Crippen LogP contribution in [-0.2, 0) is 13.6 Å². The Kier molecular flexibility index (Phi) is 5.29. The van der Waals surface area contributed by atoms with Crippen LogP contribution in [0.4, 0.5) is 4.79 Å². The highest BCUT2D eigenvalue weighted by Gasteiger charge is 2.33. The summed E-state index contributed by atoms with van der Waals surface area (Å²) >= 11 is 0. The molecule has 7 nitrogen and oxygen atoms in total. The van der Waals surface area contributed by atoms with E-state index in [1.54, 1.807) is 14.2 Å². The molecule has 1 aliphatic heterocycles. The summed E-state index contributed by atoms with van der Waals surface area (Å²) in [5, 5.41) is 3.04. The Balaban J connectivity index is 1.50. The number of hydrogen-bond acceptors (Lipinski definition) is 4. The fraction of sp³-hybridized carbons (Fsp3) is 0.364. The average molecular weight is 394 g/mol. The van der Waals surface area contributed by atoms with E-state index in [1.165, 1.54) is 0 Å². The van der Waals surface area contributed by atoms with Crippen LogP contribution in [0.15, 0.2) is 42.5 Å². The molecule has 1 atom stereocenters. The second-order valence-corrected chi connectivity index (χ2v) is 7.25. The number of benzene rings is 2. The highest BCUT2D eigenvalue weighted by Crippen LogP contribution is 2.33. The number of nitrogens with one attached hydrogen (secondary N) is 1. The van der Waals surface area contributed by atoms with Crippen molar-refractivity contribution in [1.82, 2.24) is 19.8 Å². The lowest BCUT2D eigenvalue weighted by Gasteiger charge is -2.24. The Bertz CT molecular complexity index is 1010. The highest BCUT2D eigenvalue weighted by atomic mass is 16.5. The molecule has 1 N–H and O–H groups in total. The monoisotopic (exact) mass is 394 g/mol. The largest absolute Gasteiger partial charge is 0.497 e. The van der Waals surface area contributed by atoms with Crippen LogP contribution in [0.2, 0.25) is 0 Å². The number of hydrogen-bond donors (Lipinski definition) is 1. The molecule has 2 aromatic carbocycles. The zero-order valence-corrected chi connectivity index (χ0v) is 17.0. The number of carbonyl (C=O) groups excluding carboxylic acids is 1. The maximum atomic E-state index is 13.0. The van der Waals surface area contributed by atoms with Crippen molar-refractivity contribution in [2.45, 2.75) is 25.4 Å². The van der Waals surface area contributed by atoms with E-state index in [0.29, 0.717) is 18.0 Å². The van der Waals surface area contributed by atoms with Gasteiger partial charge in [-0.15, -0.1) is 0 Å². The van der Waals surface area contributed by atoms with Gasteiger partial charge >= 0.3 is 6.03 Å². The van der Waals surface area contributed by atoms with E-state index in [-0.39, 0.29) is 12.1 Å². The number of likely N-dealkylation sites (tertiary alicyclic amines) is 1. The third kappa shape index (κ3) is 3.72. The van der Waals surface area contributed by atoms with Gasteiger partial charge in [-0.3, -0.25) is 0 Å². The molecule has 0 unspecified atom stereocenters. The van der Waals surface area contributed by atoms with E-state index in [1.807, 2.05) is 48.3 Å². The Hall–Kier alpha value is -3.22. The van der Waals surface area contributed by atoms with E-state index < -0.39 is 0 Å². The van der Waals surface area contributed by atoms with Gasteiger partial charge in [-0.25, -0.2) is 9.78 Å². The molecule has 152 valence electrons. The molecule has 2 amide bonds. The number of imidazole rings is 1. The predicted molar refractivity (Wildman–Crippen MR) is 111 cm³/mol. The molecular formula is C22H26N4O3. The molecule has 0 aliphatic carbocycles. The quantitative estimate of drug-likeness (QED) is 0.717. The van der Waals surface area contributed by atoms with Gasteiger partial charge in [-0.2, -0.15) is 0 Å². The van der Waals surface area contributed by atoms with Gasteiger partial charge in [-0.05, 0) is 42.7 Å². The molecule has 1 aromatic heterocycles. The van der Waals surface area contributed by atoms with Crippen molar-refractivity contribution >= 4 is 17.1 Å². The van der Waals surface area contributed by atoms with Crippen molar-refractivity contribution in [2.75, 3.05) is 20.8 Å². The molecule has 0 spiro atoms. The van der Waals surface area contributed by atoms with Gasteiger partial charge < -0.3 is 24.3 Å². The molecule has 29 heavy (non-hydrogen) atoms. The van der Waals surface area contributed by atoms with Crippen LogP contribution in [0.25, 0.3) is 11.0 Å². The number of methoxy groups -OCH3 is 2. The first-order chi connectivity index (χ1) is 14.1. The fourth-order valence-corrected chi connectivity index (χ4v) is 3.99. The van der Waals surface area contributed by atoms with Crippen LogP contribution in [-0.4, -0.2) is 41.2 Å². The fourth-order valence-electron chi connectivity index (χ4n) is 3.99. The Labute approximate surface area is 170 Å². The number of rotatable bonds is 5. The van der Waals surface area contributed by atoms with Gasteiger partial charge in [0.25, 0.3) is 0 Å². The topological polar surface area (TPSA) is 68.6 Å². The Morgan fingerprint density at radius 3 is 2.59 bits per heavy atom. The molecule has 4 rings (SSSR count). The molecule has 2 heterocycles. The summed E-state index contributed by atoms with van der Waals surface area (Å²) < 4.78 is 12.7. The van der Waals surface area contributed by atoms with Gasteiger partial charge in [-0.1, -0.05) is 12.1 Å². The summed E-state index contributed by atoms with van der Waals surface area (Å²) in [5.41, 5.74) is 2.96. The first-order valence-corrected chi connectivity index (χ1v) is 9.78. The van der Waals surface area contributed by atoms with E-state index in [0.717, 1.165) is 41.8 Å². The summed E-state index contributed by atoms with van der Waals surface area (Å²) in [6.07, 6.45) is 1.88. The first-order valence-electron chi connectivity index (χ1n) is 9.78. The number of ether oxygens (including phenoxy) is 2. The van der Waals surface area contributed by atoms with Crippen LogP contribution in [0, 0.1) is 0 Å². The minimum atomic E-state index is -0.0821. The predicted octanol–water partition coefficient (Wildman–Crippen LogP) is 3.64. The van der Waals surface area contributed by atoms with Gasteiger partial charge in [0.15, 0.2) is 0 Å². The standard InChI is InChI=1S/C22H26N4O3/c1-25-19-8-5-4-7-18(19)24-21(25)20-9-6-10-26(20)22(27)23-14-15-11-16(28-2)13-17(12-15)29-3/h4-5,7-8,11-13,20H,6,9-10,14H2,1-3H3,(H,23,27)/t20-/m0/s1. The normalized spacial score (nSPS) is 16.2. The molecule has 0 saturated carbocycles. The summed E-state index contributed by atoms with van der Waals surface area (Å²) in [4.78, 5) is 19.6. The number of fused-ring (bicyclic) bond motifs is 1. The number of urea groups is 1. The third-order valence-electron chi connectivity index (χ3n) is 5.49. The minimum Gasteiger partial charge on any atom is -0.497 e. The van der Waals surface area contributed by atoms with Crippen LogP contribution in [0.3, 0.4) is 0 Å². The summed E-state index contributed by atoms with van der Waals surface area (Å²) in [6, 6.07) is 13.6. The Morgan fingerprint density at radius 1 is 1.17 bits per heavy atom. The van der Waals surface area contributed by atoms with Crippen LogP contribution >= 0.6 is 0 Å². The van der Waals surface area contributed by atoms with Crippen molar-refractivity contribution in [3.05, 3.63) is 53.9 Å². The molecule has 3 aromatic rings. The van der Waals surface area contributed by atoms with Gasteiger partial charge in [0.1, 0.15) is 17.3 Å². The van der Waals surface area contributed by atoms with E-state index in [2.05, 4.69) is 16.0 Å². The lowest BCUT2D eigenvalue weighted by molar-refractivity contribution is 0.190. The maximum Gasteiger partial charge on any atom is 0.318 e. The summed E-state index contributed by atoms with van der Waals surface area (Å²) in [6.45, 7) is 1.12. The van der Waals surface area contributed by atoms with Crippen molar-refractivity contribution in [1.29, 1.82) is 0 Å². The van der Waals surface area contributed by atoms with Crippen molar-refractivity contribution in [3.8, 4) is 11.5 Å². The maximum absolute atomic E-state index is 13.0. The number of para-hydroxylation sites is 2. The molecule has 0 bridgehead atoms. The van der Waals surface area contributed by atoms with Crippen molar-refractivity contribution in [2.24, 2.45) is 7.05 Å². The summed E-state index contributed by atoms with van der Waals surface area (Å²) in [5.74, 6) is 2.33. The number of carbonyl (C=O) groups is 1.